The van der Waals surface area contributed by atoms with Gasteiger partial charge < -0.3 is 23.4 Å². The van der Waals surface area contributed by atoms with Crippen molar-refractivity contribution in [3.8, 4) is 0 Å². The van der Waals surface area contributed by atoms with Crippen LogP contribution in [-0.4, -0.2) is 87.3 Å². The minimum absolute atomic E-state index is 0.0109. The molecule has 0 saturated carbocycles. The molecule has 39 heavy (non-hydrogen) atoms. The van der Waals surface area contributed by atoms with Gasteiger partial charge in [0, 0.05) is 19.3 Å². The van der Waals surface area contributed by atoms with Gasteiger partial charge in [0.1, 0.15) is 18.8 Å². The Labute approximate surface area is 240 Å². The largest absolute Gasteiger partial charge is 0.786 e. The Bertz CT molecular complexity index is 661. The molecule has 0 aliphatic carbocycles. The van der Waals surface area contributed by atoms with Gasteiger partial charge in [-0.05, 0) is 27.4 Å². The van der Waals surface area contributed by atoms with Crippen LogP contribution in [0.2, 0.25) is 0 Å². The first kappa shape index (κ1) is 36.3. The normalized spacial score (nSPS) is 17.1. The second-order valence-electron chi connectivity index (χ2n) is 10.6. The van der Waals surface area contributed by atoms with Gasteiger partial charge in [0.15, 0.2) is 12.7 Å². The van der Waals surface area contributed by atoms with E-state index in [0.717, 1.165) is 6.42 Å². The van der Waals surface area contributed by atoms with Crippen LogP contribution in [0, 0.1) is 0 Å². The highest BCUT2D eigenvalue weighted by molar-refractivity contribution is 7.39. The van der Waals surface area contributed by atoms with Gasteiger partial charge in [-0.15, -0.1) is 0 Å². The zero-order chi connectivity index (χ0) is 28.6. The Balaban J connectivity index is 1.99. The number of rotatable bonds is 27. The van der Waals surface area contributed by atoms with E-state index in [1.807, 2.05) is 38.2 Å². The fourth-order valence-corrected chi connectivity index (χ4v) is 5.12. The van der Waals surface area contributed by atoms with E-state index in [9.17, 15) is 9.69 Å². The number of Topliss-reactive ketones (excluding diaryl/α,β-unsaturated/α-hetero) is 1. The Kier molecular flexibility index (Phi) is 23.3. The molecule has 0 radical (unpaired) electrons. The summed E-state index contributed by atoms with van der Waals surface area (Å²) in [4.78, 5) is 26.1. The van der Waals surface area contributed by atoms with E-state index in [1.165, 1.54) is 83.5 Å². The Morgan fingerprint density at radius 2 is 1.46 bits per heavy atom. The zero-order valence-electron chi connectivity index (χ0n) is 25.3. The van der Waals surface area contributed by atoms with Crippen LogP contribution >= 0.6 is 8.60 Å². The number of unbranched alkanes of at least 4 members (excludes halogenated alkanes) is 13. The van der Waals surface area contributed by atoms with Gasteiger partial charge in [-0.25, -0.2) is 0 Å². The first-order valence-electron chi connectivity index (χ1n) is 15.4. The SMILES string of the molecule is CCCCCCCCCCCCCCCCOCC(COP([O-])OCC[N+]1=CC(=O)C(N(C)C)C=C1)OCC. The van der Waals surface area contributed by atoms with Crippen LogP contribution in [0.3, 0.4) is 0 Å². The van der Waals surface area contributed by atoms with Crippen molar-refractivity contribution >= 4 is 20.6 Å². The van der Waals surface area contributed by atoms with Gasteiger partial charge >= 0.3 is 0 Å². The van der Waals surface area contributed by atoms with Crippen LogP contribution in [0.25, 0.3) is 0 Å². The molecular formula is C30H57N2O6P. The molecule has 8 nitrogen and oxygen atoms in total. The fraction of sp³-hybridized carbons (Fsp3) is 0.867. The molecule has 1 aliphatic heterocycles. The van der Waals surface area contributed by atoms with E-state index >= 15 is 0 Å². The number of nitrogens with zero attached hydrogens (tertiary/aromatic N) is 2. The van der Waals surface area contributed by atoms with Crippen LogP contribution in [0.15, 0.2) is 12.3 Å². The maximum Gasteiger partial charge on any atom is 0.239 e. The van der Waals surface area contributed by atoms with Crippen molar-refractivity contribution in [2.24, 2.45) is 0 Å². The van der Waals surface area contributed by atoms with Gasteiger partial charge in [-0.3, -0.25) is 9.69 Å². The highest BCUT2D eigenvalue weighted by Gasteiger charge is 2.24. The first-order valence-corrected chi connectivity index (χ1v) is 16.5. The van der Waals surface area contributed by atoms with Gasteiger partial charge in [0.2, 0.25) is 12.0 Å². The van der Waals surface area contributed by atoms with E-state index in [4.69, 9.17) is 18.5 Å². The molecule has 0 aromatic heterocycles. The number of carbonyl (C=O) groups excluding carboxylic acids is 1. The molecule has 1 rings (SSSR count). The summed E-state index contributed by atoms with van der Waals surface area (Å²) >= 11 is 0. The molecule has 1 aliphatic rings. The van der Waals surface area contributed by atoms with Crippen LogP contribution in [0.4, 0.5) is 0 Å². The van der Waals surface area contributed by atoms with Gasteiger partial charge in [0.05, 0.1) is 21.8 Å². The summed E-state index contributed by atoms with van der Waals surface area (Å²) < 4.78 is 23.8. The lowest BCUT2D eigenvalue weighted by atomic mass is 10.0. The molecule has 9 heteroatoms. The molecule has 0 aromatic rings. The molecule has 0 amide bonds. The van der Waals surface area contributed by atoms with Crippen molar-refractivity contribution in [3.63, 3.8) is 0 Å². The predicted molar refractivity (Wildman–Crippen MR) is 158 cm³/mol. The second kappa shape index (κ2) is 25.0. The summed E-state index contributed by atoms with van der Waals surface area (Å²) in [5.41, 5.74) is 0. The maximum atomic E-state index is 12.1. The number of hydrogen-bond donors (Lipinski definition) is 0. The van der Waals surface area contributed by atoms with Crippen molar-refractivity contribution < 1.29 is 32.8 Å². The van der Waals surface area contributed by atoms with Crippen LogP contribution in [0.1, 0.15) is 104 Å². The molecule has 0 aromatic carbocycles. The highest BCUT2D eigenvalue weighted by Crippen LogP contribution is 2.27. The van der Waals surface area contributed by atoms with Crippen molar-refractivity contribution in [2.75, 3.05) is 53.7 Å². The molecular weight excluding hydrogens is 515 g/mol. The second-order valence-corrected chi connectivity index (χ2v) is 11.6. The lowest BCUT2D eigenvalue weighted by molar-refractivity contribution is -0.455. The Morgan fingerprint density at radius 3 is 2.00 bits per heavy atom. The number of ketones is 1. The molecule has 3 unspecified atom stereocenters. The summed E-state index contributed by atoms with van der Waals surface area (Å²) in [6, 6.07) is -0.241. The van der Waals surface area contributed by atoms with Crippen molar-refractivity contribution in [3.05, 3.63) is 12.3 Å². The number of carbonyl (C=O) groups is 1. The predicted octanol–water partition coefficient (Wildman–Crippen LogP) is 5.62. The summed E-state index contributed by atoms with van der Waals surface area (Å²) in [6.45, 7) is 6.61. The third-order valence-corrected chi connectivity index (χ3v) is 7.61. The molecule has 3 atom stereocenters. The van der Waals surface area contributed by atoms with E-state index in [0.29, 0.717) is 26.4 Å². The molecule has 0 N–H and O–H groups in total. The van der Waals surface area contributed by atoms with E-state index in [2.05, 4.69) is 6.92 Å². The quantitative estimate of drug-likeness (QED) is 0.0718. The summed E-state index contributed by atoms with van der Waals surface area (Å²) in [5, 5.41) is 0. The fourth-order valence-electron chi connectivity index (χ4n) is 4.53. The lowest BCUT2D eigenvalue weighted by Gasteiger charge is -2.25. The van der Waals surface area contributed by atoms with E-state index in [-0.39, 0.29) is 31.1 Å². The molecule has 0 saturated heterocycles. The number of likely N-dealkylation sites (N-methyl/N-ethyl adjacent to an activating group) is 1. The maximum absolute atomic E-state index is 12.1. The minimum Gasteiger partial charge on any atom is -0.786 e. The van der Waals surface area contributed by atoms with Crippen LogP contribution in [0.5, 0.6) is 0 Å². The Morgan fingerprint density at radius 1 is 0.872 bits per heavy atom. The smallest absolute Gasteiger partial charge is 0.239 e. The third kappa shape index (κ3) is 19.9. The van der Waals surface area contributed by atoms with Gasteiger partial charge in [-0.1, -0.05) is 90.4 Å². The molecule has 0 fully saturated rings. The van der Waals surface area contributed by atoms with Crippen molar-refractivity contribution in [1.29, 1.82) is 0 Å². The van der Waals surface area contributed by atoms with E-state index in [1.54, 1.807) is 10.8 Å². The standard InChI is InChI=1S/C30H57N2O6P/c1-5-7-8-9-10-11-12-13-14-15-16-17-18-19-23-35-26-28(36-6-2)27-38-39(34)37-24-22-32-21-20-29(31(3)4)30(33)25-32/h20-21,25,28-29H,5-19,22-24,26-27H2,1-4H3. The van der Waals surface area contributed by atoms with Crippen LogP contribution < -0.4 is 4.89 Å². The minimum atomic E-state index is -2.26. The molecule has 0 bridgehead atoms. The highest BCUT2D eigenvalue weighted by atomic mass is 31.2. The van der Waals surface area contributed by atoms with Gasteiger partial charge in [-0.2, -0.15) is 4.58 Å². The Hall–Kier alpha value is -0.730. The monoisotopic (exact) mass is 572 g/mol. The van der Waals surface area contributed by atoms with Crippen molar-refractivity contribution in [1.82, 2.24) is 4.90 Å². The van der Waals surface area contributed by atoms with E-state index < -0.39 is 8.60 Å². The average molecular weight is 573 g/mol. The number of hydrogen-bond acceptors (Lipinski definition) is 7. The molecule has 0 spiro atoms. The summed E-state index contributed by atoms with van der Waals surface area (Å²) in [6.07, 6.45) is 23.7. The first-order chi connectivity index (χ1) is 19.0. The topological polar surface area (TPSA) is 83.3 Å². The molecule has 228 valence electrons. The molecule has 1 heterocycles. The lowest BCUT2D eigenvalue weighted by Crippen LogP contribution is -2.39. The van der Waals surface area contributed by atoms with Crippen molar-refractivity contribution in [2.45, 2.75) is 116 Å². The average Bonchev–Trinajstić information content (AvgIpc) is 2.91. The number of ether oxygens (including phenoxy) is 2. The third-order valence-electron chi connectivity index (χ3n) is 6.86. The van der Waals surface area contributed by atoms with Gasteiger partial charge in [0.25, 0.3) is 0 Å². The van der Waals surface area contributed by atoms with Crippen LogP contribution in [-0.2, 0) is 23.3 Å². The zero-order valence-corrected chi connectivity index (χ0v) is 26.2. The summed E-state index contributed by atoms with van der Waals surface area (Å²) in [7, 11) is 1.46. The summed E-state index contributed by atoms with van der Waals surface area (Å²) in [5.74, 6) is 0.0109.